The van der Waals surface area contributed by atoms with Gasteiger partial charge in [-0.1, -0.05) is 0 Å². The van der Waals surface area contributed by atoms with Crippen LogP contribution in [0.1, 0.15) is 6.92 Å². The van der Waals surface area contributed by atoms with Crippen LogP contribution >= 0.6 is 0 Å². The first-order valence-electron chi connectivity index (χ1n) is 9.39. The molecule has 0 unspecified atom stereocenters. The smallest absolute Gasteiger partial charge is 0.262 e. The molecule has 0 radical (unpaired) electrons. The lowest BCUT2D eigenvalue weighted by Gasteiger charge is -2.09. The number of anilines is 1. The minimum absolute atomic E-state index is 0.200. The largest absolute Gasteiger partial charge is 0.494 e. The Morgan fingerprint density at radius 3 is 2.50 bits per heavy atom. The van der Waals surface area contributed by atoms with E-state index in [4.69, 9.17) is 18.3 Å². The molecule has 0 fully saturated rings. The summed E-state index contributed by atoms with van der Waals surface area (Å²) in [6.45, 7) is 2.28. The van der Waals surface area contributed by atoms with E-state index in [1.807, 2.05) is 6.92 Å². The molecule has 2 aromatic heterocycles. The molecule has 0 aliphatic heterocycles. The lowest BCUT2D eigenvalue weighted by molar-refractivity contribution is -0.118. The first-order chi connectivity index (χ1) is 14.6. The van der Waals surface area contributed by atoms with Crippen molar-refractivity contribution >= 4 is 22.6 Å². The minimum atomic E-state index is -0.320. The fourth-order valence-electron chi connectivity index (χ4n) is 2.91. The first kappa shape index (κ1) is 19.3. The summed E-state index contributed by atoms with van der Waals surface area (Å²) < 4.78 is 21.9. The zero-order chi connectivity index (χ0) is 20.9. The minimum Gasteiger partial charge on any atom is -0.494 e. The van der Waals surface area contributed by atoms with Crippen molar-refractivity contribution in [3.8, 4) is 23.0 Å². The van der Waals surface area contributed by atoms with Gasteiger partial charge in [-0.2, -0.15) is 0 Å². The van der Waals surface area contributed by atoms with Gasteiger partial charge >= 0.3 is 0 Å². The van der Waals surface area contributed by atoms with Crippen LogP contribution in [0.15, 0.2) is 80.6 Å². The van der Waals surface area contributed by atoms with E-state index < -0.39 is 0 Å². The van der Waals surface area contributed by atoms with Crippen molar-refractivity contribution in [2.24, 2.45) is 0 Å². The molecule has 0 saturated heterocycles. The summed E-state index contributed by atoms with van der Waals surface area (Å²) in [6.07, 6.45) is 1.51. The van der Waals surface area contributed by atoms with Crippen molar-refractivity contribution in [3.05, 3.63) is 77.2 Å². The zero-order valence-corrected chi connectivity index (χ0v) is 16.2. The maximum Gasteiger partial charge on any atom is 0.262 e. The molecule has 2 heterocycles. The van der Waals surface area contributed by atoms with Crippen LogP contribution in [0.25, 0.3) is 22.5 Å². The number of nitrogens with one attached hydrogen (secondary N) is 1. The molecule has 0 aliphatic carbocycles. The monoisotopic (exact) mass is 405 g/mol. The molecule has 0 aliphatic rings. The van der Waals surface area contributed by atoms with Gasteiger partial charge in [-0.3, -0.25) is 9.59 Å². The highest BCUT2D eigenvalue weighted by Crippen LogP contribution is 2.25. The number of ether oxygens (including phenoxy) is 2. The third kappa shape index (κ3) is 4.35. The molecule has 152 valence electrons. The number of carbonyl (C=O) groups excluding carboxylic acids is 1. The van der Waals surface area contributed by atoms with E-state index in [1.165, 1.54) is 12.3 Å². The van der Waals surface area contributed by atoms with Crippen LogP contribution in [0.2, 0.25) is 0 Å². The number of fused-ring (bicyclic) bond motifs is 1. The average Bonchev–Trinajstić information content (AvgIpc) is 3.29. The molecule has 0 atom stereocenters. The molecule has 2 aromatic carbocycles. The SMILES string of the molecule is CCOc1ccc(NC(=O)COc2ccc3oc(-c4ccco4)cc(=O)c3c2)cc1. The van der Waals surface area contributed by atoms with Gasteiger partial charge in [0.1, 0.15) is 17.1 Å². The molecule has 4 aromatic rings. The van der Waals surface area contributed by atoms with Crippen LogP contribution in [-0.4, -0.2) is 19.1 Å². The number of carbonyl (C=O) groups is 1. The van der Waals surface area contributed by atoms with Crippen LogP contribution in [0, 0.1) is 0 Å². The number of rotatable bonds is 7. The maximum absolute atomic E-state index is 12.5. The van der Waals surface area contributed by atoms with Crippen molar-refractivity contribution < 1.29 is 23.1 Å². The van der Waals surface area contributed by atoms with Gasteiger partial charge in [0.05, 0.1) is 18.3 Å². The van der Waals surface area contributed by atoms with Gasteiger partial charge in [0, 0.05) is 11.8 Å². The highest BCUT2D eigenvalue weighted by molar-refractivity contribution is 5.92. The average molecular weight is 405 g/mol. The van der Waals surface area contributed by atoms with Crippen LogP contribution in [0.3, 0.4) is 0 Å². The van der Waals surface area contributed by atoms with Gasteiger partial charge in [0.2, 0.25) is 0 Å². The molecular formula is C23H19NO6. The summed E-state index contributed by atoms with van der Waals surface area (Å²) >= 11 is 0. The Morgan fingerprint density at radius 1 is 0.967 bits per heavy atom. The second kappa shape index (κ2) is 8.57. The van der Waals surface area contributed by atoms with E-state index in [1.54, 1.807) is 54.6 Å². The highest BCUT2D eigenvalue weighted by Gasteiger charge is 2.11. The molecule has 0 spiro atoms. The number of hydrogen-bond donors (Lipinski definition) is 1. The van der Waals surface area contributed by atoms with Crippen LogP contribution in [-0.2, 0) is 4.79 Å². The van der Waals surface area contributed by atoms with E-state index in [0.29, 0.717) is 40.5 Å². The second-order valence-electron chi connectivity index (χ2n) is 6.40. The summed E-state index contributed by atoms with van der Waals surface area (Å²) in [4.78, 5) is 24.6. The molecule has 7 heteroatoms. The highest BCUT2D eigenvalue weighted by atomic mass is 16.5. The number of furan rings is 1. The molecule has 1 amide bonds. The second-order valence-corrected chi connectivity index (χ2v) is 6.40. The van der Waals surface area contributed by atoms with Gasteiger partial charge in [0.25, 0.3) is 5.91 Å². The Hall–Kier alpha value is -4.00. The summed E-state index contributed by atoms with van der Waals surface area (Å²) in [5.74, 6) is 1.62. The fraction of sp³-hybridized carbons (Fsp3) is 0.130. The summed E-state index contributed by atoms with van der Waals surface area (Å²) in [7, 11) is 0. The van der Waals surface area contributed by atoms with Crippen molar-refractivity contribution in [1.29, 1.82) is 0 Å². The van der Waals surface area contributed by atoms with Crippen molar-refractivity contribution in [3.63, 3.8) is 0 Å². The Balaban J connectivity index is 1.42. The first-order valence-corrected chi connectivity index (χ1v) is 9.39. The summed E-state index contributed by atoms with van der Waals surface area (Å²) in [5.41, 5.74) is 0.809. The molecular weight excluding hydrogens is 386 g/mol. The quantitative estimate of drug-likeness (QED) is 0.488. The molecule has 4 rings (SSSR count). The standard InChI is InChI=1S/C23H19NO6/c1-2-27-16-7-5-15(6-8-16)24-23(26)14-29-17-9-10-20-18(12-17)19(25)13-22(30-20)21-4-3-11-28-21/h3-13H,2,14H2,1H3,(H,24,26). The topological polar surface area (TPSA) is 90.9 Å². The Bertz CT molecular complexity index is 1210. The molecule has 30 heavy (non-hydrogen) atoms. The molecule has 0 saturated carbocycles. The zero-order valence-electron chi connectivity index (χ0n) is 16.2. The number of benzene rings is 2. The lowest BCUT2D eigenvalue weighted by Crippen LogP contribution is -2.20. The van der Waals surface area contributed by atoms with Crippen LogP contribution in [0.5, 0.6) is 11.5 Å². The Morgan fingerprint density at radius 2 is 1.77 bits per heavy atom. The number of hydrogen-bond acceptors (Lipinski definition) is 6. The third-order valence-electron chi connectivity index (χ3n) is 4.28. The molecule has 7 nitrogen and oxygen atoms in total. The van der Waals surface area contributed by atoms with E-state index in [9.17, 15) is 9.59 Å². The fourth-order valence-corrected chi connectivity index (χ4v) is 2.91. The predicted octanol–water partition coefficient (Wildman–Crippen LogP) is 4.47. The third-order valence-corrected chi connectivity index (χ3v) is 4.28. The van der Waals surface area contributed by atoms with Gasteiger partial charge in [-0.05, 0) is 61.5 Å². The van der Waals surface area contributed by atoms with Gasteiger partial charge < -0.3 is 23.6 Å². The van der Waals surface area contributed by atoms with Crippen molar-refractivity contribution in [2.75, 3.05) is 18.5 Å². The number of amides is 1. The van der Waals surface area contributed by atoms with Crippen molar-refractivity contribution in [1.82, 2.24) is 0 Å². The Kier molecular flexibility index (Phi) is 5.52. The predicted molar refractivity (Wildman–Crippen MR) is 112 cm³/mol. The van der Waals surface area contributed by atoms with Gasteiger partial charge in [-0.15, -0.1) is 0 Å². The van der Waals surface area contributed by atoms with E-state index in [2.05, 4.69) is 5.32 Å². The van der Waals surface area contributed by atoms with E-state index in [-0.39, 0.29) is 17.9 Å². The Labute approximate surface area is 171 Å². The van der Waals surface area contributed by atoms with Crippen molar-refractivity contribution in [2.45, 2.75) is 6.92 Å². The summed E-state index contributed by atoms with van der Waals surface area (Å²) in [5, 5.41) is 3.10. The summed E-state index contributed by atoms with van der Waals surface area (Å²) in [6, 6.07) is 16.7. The maximum atomic E-state index is 12.5. The molecule has 1 N–H and O–H groups in total. The van der Waals surface area contributed by atoms with Crippen LogP contribution in [0.4, 0.5) is 5.69 Å². The van der Waals surface area contributed by atoms with E-state index >= 15 is 0 Å². The van der Waals surface area contributed by atoms with Gasteiger partial charge in [-0.25, -0.2) is 0 Å². The van der Waals surface area contributed by atoms with Crippen LogP contribution < -0.4 is 20.2 Å². The normalized spacial score (nSPS) is 10.7. The van der Waals surface area contributed by atoms with E-state index in [0.717, 1.165) is 5.75 Å². The molecule has 0 bridgehead atoms. The van der Waals surface area contributed by atoms with Gasteiger partial charge in [0.15, 0.2) is 23.6 Å². The lowest BCUT2D eigenvalue weighted by atomic mass is 10.2.